The van der Waals surface area contributed by atoms with Gasteiger partial charge in [-0.15, -0.1) is 22.7 Å². The third kappa shape index (κ3) is 4.40. The molecule has 0 spiro atoms. The van der Waals surface area contributed by atoms with Crippen LogP contribution < -0.4 is 5.32 Å². The van der Waals surface area contributed by atoms with Gasteiger partial charge >= 0.3 is 0 Å². The molecule has 0 aromatic carbocycles. The molecule has 1 aliphatic heterocycles. The number of nitrogens with one attached hydrogen (secondary N) is 1. The molecule has 0 saturated carbocycles. The van der Waals surface area contributed by atoms with Gasteiger partial charge in [-0.2, -0.15) is 4.31 Å². The van der Waals surface area contributed by atoms with E-state index < -0.39 is 10.0 Å². The SMILES string of the molecule is CC(=O)NCc1csc(C2CCCN(S(=O)(=O)c3ccc(Cl)s3)C2)n1. The zero-order valence-corrected chi connectivity index (χ0v) is 16.8. The highest BCUT2D eigenvalue weighted by atomic mass is 35.5. The smallest absolute Gasteiger partial charge is 0.252 e. The van der Waals surface area contributed by atoms with Crippen LogP contribution in [0.4, 0.5) is 0 Å². The first kappa shape index (κ1) is 18.8. The fourth-order valence-electron chi connectivity index (χ4n) is 2.73. The van der Waals surface area contributed by atoms with E-state index in [1.807, 2.05) is 5.38 Å². The van der Waals surface area contributed by atoms with Gasteiger partial charge in [-0.05, 0) is 25.0 Å². The van der Waals surface area contributed by atoms with E-state index in [-0.39, 0.29) is 16.0 Å². The molecule has 0 bridgehead atoms. The van der Waals surface area contributed by atoms with Crippen molar-refractivity contribution in [1.29, 1.82) is 0 Å². The van der Waals surface area contributed by atoms with Gasteiger partial charge in [0, 0.05) is 31.3 Å². The largest absolute Gasteiger partial charge is 0.351 e. The first-order chi connectivity index (χ1) is 11.9. The van der Waals surface area contributed by atoms with Crippen LogP contribution in [-0.2, 0) is 21.4 Å². The number of piperidine rings is 1. The van der Waals surface area contributed by atoms with Crippen LogP contribution in [0.3, 0.4) is 0 Å². The van der Waals surface area contributed by atoms with E-state index in [2.05, 4.69) is 10.3 Å². The molecule has 1 saturated heterocycles. The Kier molecular flexibility index (Phi) is 5.79. The first-order valence-corrected chi connectivity index (χ1v) is 11.3. The third-order valence-electron chi connectivity index (χ3n) is 3.96. The fraction of sp³-hybridized carbons (Fsp3) is 0.467. The van der Waals surface area contributed by atoms with Gasteiger partial charge in [0.05, 0.1) is 21.6 Å². The molecule has 1 N–H and O–H groups in total. The summed E-state index contributed by atoms with van der Waals surface area (Å²) in [7, 11) is -3.51. The Balaban J connectivity index is 1.72. The Morgan fingerprint density at radius 1 is 1.48 bits per heavy atom. The second-order valence-corrected chi connectivity index (χ2v) is 10.6. The number of nitrogens with zero attached hydrogens (tertiary/aromatic N) is 2. The van der Waals surface area contributed by atoms with Crippen molar-refractivity contribution in [1.82, 2.24) is 14.6 Å². The average molecular weight is 420 g/mol. The summed E-state index contributed by atoms with van der Waals surface area (Å²) >= 11 is 8.48. The monoisotopic (exact) mass is 419 g/mol. The Hall–Kier alpha value is -1.00. The van der Waals surface area contributed by atoms with Gasteiger partial charge in [0.1, 0.15) is 4.21 Å². The molecule has 0 radical (unpaired) electrons. The molecule has 6 nitrogen and oxygen atoms in total. The van der Waals surface area contributed by atoms with Crippen LogP contribution in [0.1, 0.15) is 36.4 Å². The molecule has 3 rings (SSSR count). The summed E-state index contributed by atoms with van der Waals surface area (Å²) < 4.78 is 27.8. The summed E-state index contributed by atoms with van der Waals surface area (Å²) in [6.07, 6.45) is 1.70. The lowest BCUT2D eigenvalue weighted by Crippen LogP contribution is -2.38. The minimum absolute atomic E-state index is 0.0787. The summed E-state index contributed by atoms with van der Waals surface area (Å²) in [5, 5.41) is 5.56. The number of carbonyl (C=O) groups is 1. The Morgan fingerprint density at radius 3 is 2.96 bits per heavy atom. The van der Waals surface area contributed by atoms with Crippen LogP contribution >= 0.6 is 34.3 Å². The third-order valence-corrected chi connectivity index (χ3v) is 8.58. The predicted molar refractivity (Wildman–Crippen MR) is 99.7 cm³/mol. The van der Waals surface area contributed by atoms with Gasteiger partial charge in [-0.3, -0.25) is 4.79 Å². The number of hydrogen-bond acceptors (Lipinski definition) is 6. The average Bonchev–Trinajstić information content (AvgIpc) is 3.22. The van der Waals surface area contributed by atoms with E-state index in [4.69, 9.17) is 11.6 Å². The van der Waals surface area contributed by atoms with Crippen molar-refractivity contribution >= 4 is 50.2 Å². The van der Waals surface area contributed by atoms with Gasteiger partial charge < -0.3 is 5.32 Å². The highest BCUT2D eigenvalue weighted by Gasteiger charge is 2.32. The van der Waals surface area contributed by atoms with E-state index in [1.54, 1.807) is 12.1 Å². The van der Waals surface area contributed by atoms with Crippen molar-refractivity contribution in [3.05, 3.63) is 32.6 Å². The molecule has 0 aliphatic carbocycles. The van der Waals surface area contributed by atoms with Crippen LogP contribution in [0.25, 0.3) is 0 Å². The van der Waals surface area contributed by atoms with Crippen LogP contribution in [0, 0.1) is 0 Å². The number of rotatable bonds is 5. The maximum atomic E-state index is 12.8. The zero-order valence-electron chi connectivity index (χ0n) is 13.6. The van der Waals surface area contributed by atoms with Crippen LogP contribution in [0.15, 0.2) is 21.7 Å². The Labute approximate surface area is 159 Å². The molecule has 1 unspecified atom stereocenters. The van der Waals surface area contributed by atoms with Crippen molar-refractivity contribution in [3.63, 3.8) is 0 Å². The van der Waals surface area contributed by atoms with Crippen LogP contribution in [0.5, 0.6) is 0 Å². The number of hydrogen-bond donors (Lipinski definition) is 1. The molecular formula is C15H18ClN3O3S3. The second-order valence-electron chi connectivity index (χ2n) is 5.85. The normalized spacial score (nSPS) is 19.0. The van der Waals surface area contributed by atoms with Crippen molar-refractivity contribution in [2.24, 2.45) is 0 Å². The lowest BCUT2D eigenvalue weighted by molar-refractivity contribution is -0.119. The minimum atomic E-state index is -3.51. The molecule has 1 fully saturated rings. The number of halogens is 1. The van der Waals surface area contributed by atoms with Crippen molar-refractivity contribution in [3.8, 4) is 0 Å². The number of thiazole rings is 1. The van der Waals surface area contributed by atoms with E-state index in [0.717, 1.165) is 34.9 Å². The maximum absolute atomic E-state index is 12.8. The molecule has 10 heteroatoms. The Morgan fingerprint density at radius 2 is 2.28 bits per heavy atom. The summed E-state index contributed by atoms with van der Waals surface area (Å²) in [6, 6.07) is 3.16. The molecule has 1 atom stereocenters. The second kappa shape index (κ2) is 7.71. The van der Waals surface area contributed by atoms with Gasteiger partial charge in [0.2, 0.25) is 5.91 Å². The molecule has 1 aliphatic rings. The quantitative estimate of drug-likeness (QED) is 0.807. The molecule has 2 aromatic heterocycles. The molecule has 3 heterocycles. The van der Waals surface area contributed by atoms with E-state index in [1.165, 1.54) is 22.6 Å². The zero-order chi connectivity index (χ0) is 18.0. The van der Waals surface area contributed by atoms with Crippen LogP contribution in [0.2, 0.25) is 4.34 Å². The highest BCUT2D eigenvalue weighted by molar-refractivity contribution is 7.91. The lowest BCUT2D eigenvalue weighted by atomic mass is 10.0. The summed E-state index contributed by atoms with van der Waals surface area (Å²) in [6.45, 7) is 2.80. The molecule has 2 aromatic rings. The number of carbonyl (C=O) groups excluding carboxylic acids is 1. The topological polar surface area (TPSA) is 79.4 Å². The first-order valence-electron chi connectivity index (χ1n) is 7.80. The number of sulfonamides is 1. The van der Waals surface area contributed by atoms with Crippen molar-refractivity contribution in [2.45, 2.75) is 36.4 Å². The summed E-state index contributed by atoms with van der Waals surface area (Å²) in [5.41, 5.74) is 0.806. The molecule has 25 heavy (non-hydrogen) atoms. The van der Waals surface area contributed by atoms with Gasteiger partial charge in [0.15, 0.2) is 0 Å². The fourth-order valence-corrected chi connectivity index (χ4v) is 6.84. The minimum Gasteiger partial charge on any atom is -0.351 e. The number of aromatic nitrogens is 1. The predicted octanol–water partition coefficient (Wildman–Crippen LogP) is 3.06. The summed E-state index contributed by atoms with van der Waals surface area (Å²) in [4.78, 5) is 15.6. The van der Waals surface area contributed by atoms with Gasteiger partial charge in [0.25, 0.3) is 10.0 Å². The van der Waals surface area contributed by atoms with Crippen molar-refractivity contribution in [2.75, 3.05) is 13.1 Å². The van der Waals surface area contributed by atoms with E-state index >= 15 is 0 Å². The highest BCUT2D eigenvalue weighted by Crippen LogP contribution is 2.34. The molecule has 1 amide bonds. The van der Waals surface area contributed by atoms with Gasteiger partial charge in [-0.1, -0.05) is 11.6 Å². The van der Waals surface area contributed by atoms with Crippen molar-refractivity contribution < 1.29 is 13.2 Å². The van der Waals surface area contributed by atoms with Gasteiger partial charge in [-0.25, -0.2) is 13.4 Å². The number of thiophene rings is 1. The lowest BCUT2D eigenvalue weighted by Gasteiger charge is -2.30. The number of amides is 1. The maximum Gasteiger partial charge on any atom is 0.252 e. The summed E-state index contributed by atoms with van der Waals surface area (Å²) in [5.74, 6) is -0.0193. The van der Waals surface area contributed by atoms with Crippen LogP contribution in [-0.4, -0.2) is 36.7 Å². The van der Waals surface area contributed by atoms with E-state index in [9.17, 15) is 13.2 Å². The molecular weight excluding hydrogens is 402 g/mol. The Bertz CT molecular complexity index is 862. The standard InChI is InChI=1S/C15H18ClN3O3S3/c1-10(20)17-7-12-9-23-15(18-12)11-3-2-6-19(8-11)25(21,22)14-5-4-13(16)24-14/h4-5,9,11H,2-3,6-8H2,1H3,(H,17,20). The van der Waals surface area contributed by atoms with E-state index in [0.29, 0.717) is 24.0 Å². The molecule has 136 valence electrons.